The Hall–Kier alpha value is -1.84. The smallest absolute Gasteiger partial charge is 0.152 e. The molecule has 5 heteroatoms. The second kappa shape index (κ2) is 4.93. The van der Waals surface area contributed by atoms with E-state index in [0.717, 1.165) is 0 Å². The summed E-state index contributed by atoms with van der Waals surface area (Å²) < 4.78 is 13.3. The minimum Gasteiger partial charge on any atom is -0.354 e. The predicted molar refractivity (Wildman–Crippen MR) is 79.1 cm³/mol. The van der Waals surface area contributed by atoms with Crippen LogP contribution in [0.4, 0.5) is 4.39 Å². The normalized spacial score (nSPS) is 10.9. The van der Waals surface area contributed by atoms with E-state index in [2.05, 4.69) is 4.98 Å². The Morgan fingerprint density at radius 2 is 1.90 bits per heavy atom. The molecule has 3 rings (SSSR count). The maximum absolute atomic E-state index is 13.3. The zero-order chi connectivity index (χ0) is 14.3. The van der Waals surface area contributed by atoms with Crippen molar-refractivity contribution >= 4 is 40.4 Å². The number of benzene rings is 2. The average molecular weight is 308 g/mol. The number of aromatic nitrogens is 1. The number of H-pyrrole nitrogens is 1. The van der Waals surface area contributed by atoms with Gasteiger partial charge in [-0.2, -0.15) is 0 Å². The van der Waals surface area contributed by atoms with Gasteiger partial charge in [0.15, 0.2) is 6.29 Å². The number of fused-ring (bicyclic) bond motifs is 1. The quantitative estimate of drug-likeness (QED) is 0.657. The van der Waals surface area contributed by atoms with Gasteiger partial charge < -0.3 is 4.98 Å². The zero-order valence-corrected chi connectivity index (χ0v) is 11.6. The van der Waals surface area contributed by atoms with E-state index >= 15 is 0 Å². The van der Waals surface area contributed by atoms with Gasteiger partial charge in [-0.05, 0) is 36.4 Å². The number of hydrogen-bond acceptors (Lipinski definition) is 1. The lowest BCUT2D eigenvalue weighted by atomic mass is 10.1. The van der Waals surface area contributed by atoms with Crippen LogP contribution in [0.15, 0.2) is 36.4 Å². The van der Waals surface area contributed by atoms with Crippen LogP contribution in [-0.2, 0) is 0 Å². The summed E-state index contributed by atoms with van der Waals surface area (Å²) in [6, 6.07) is 9.21. The molecule has 20 heavy (non-hydrogen) atoms. The van der Waals surface area contributed by atoms with Crippen LogP contribution in [0.2, 0.25) is 10.0 Å². The summed E-state index contributed by atoms with van der Waals surface area (Å²) in [6.45, 7) is 0. The molecule has 0 spiro atoms. The Bertz CT molecular complexity index is 826. The third kappa shape index (κ3) is 2.09. The van der Waals surface area contributed by atoms with Crippen LogP contribution in [-0.4, -0.2) is 11.3 Å². The number of hydrogen-bond donors (Lipinski definition) is 1. The first-order chi connectivity index (χ1) is 9.60. The molecule has 0 aliphatic rings. The van der Waals surface area contributed by atoms with E-state index in [9.17, 15) is 9.18 Å². The summed E-state index contributed by atoms with van der Waals surface area (Å²) in [5.74, 6) is -0.400. The fraction of sp³-hybridized carbons (Fsp3) is 0. The first-order valence-corrected chi connectivity index (χ1v) is 6.57. The van der Waals surface area contributed by atoms with Crippen molar-refractivity contribution in [2.75, 3.05) is 0 Å². The van der Waals surface area contributed by atoms with Gasteiger partial charge in [0.05, 0.1) is 10.7 Å². The van der Waals surface area contributed by atoms with Gasteiger partial charge in [-0.3, -0.25) is 4.79 Å². The summed E-state index contributed by atoms with van der Waals surface area (Å²) >= 11 is 12.1. The van der Waals surface area contributed by atoms with Crippen molar-refractivity contribution in [2.45, 2.75) is 0 Å². The van der Waals surface area contributed by atoms with Crippen molar-refractivity contribution < 1.29 is 9.18 Å². The number of rotatable bonds is 2. The molecule has 1 N–H and O–H groups in total. The van der Waals surface area contributed by atoms with Crippen molar-refractivity contribution in [2.24, 2.45) is 0 Å². The van der Waals surface area contributed by atoms with Crippen LogP contribution < -0.4 is 0 Å². The Morgan fingerprint density at radius 3 is 2.65 bits per heavy atom. The molecule has 0 radical (unpaired) electrons. The number of nitrogens with one attached hydrogen (secondary N) is 1. The minimum absolute atomic E-state index is 0.365. The monoisotopic (exact) mass is 307 g/mol. The van der Waals surface area contributed by atoms with Gasteiger partial charge in [0.1, 0.15) is 5.82 Å². The molecule has 0 bridgehead atoms. The Morgan fingerprint density at radius 1 is 1.10 bits per heavy atom. The number of aldehydes is 1. The number of carbonyl (C=O) groups is 1. The van der Waals surface area contributed by atoms with Crippen LogP contribution in [0.25, 0.3) is 22.2 Å². The van der Waals surface area contributed by atoms with Crippen LogP contribution >= 0.6 is 23.2 Å². The highest BCUT2D eigenvalue weighted by atomic mass is 35.5. The zero-order valence-electron chi connectivity index (χ0n) is 10.1. The molecule has 1 heterocycles. The molecule has 0 aliphatic carbocycles. The molecular formula is C15H8Cl2FNO. The molecule has 0 atom stereocenters. The fourth-order valence-electron chi connectivity index (χ4n) is 2.21. The Labute approximate surface area is 124 Å². The van der Waals surface area contributed by atoms with E-state index in [1.807, 2.05) is 0 Å². The van der Waals surface area contributed by atoms with Crippen molar-refractivity contribution in [1.29, 1.82) is 0 Å². The van der Waals surface area contributed by atoms with Crippen LogP contribution in [0.3, 0.4) is 0 Å². The van der Waals surface area contributed by atoms with Crippen molar-refractivity contribution in [3.8, 4) is 11.3 Å². The van der Waals surface area contributed by atoms with Crippen molar-refractivity contribution in [3.63, 3.8) is 0 Å². The van der Waals surface area contributed by atoms with Crippen LogP contribution in [0, 0.1) is 5.82 Å². The lowest BCUT2D eigenvalue weighted by Crippen LogP contribution is -1.86. The maximum Gasteiger partial charge on any atom is 0.152 e. The minimum atomic E-state index is -0.400. The van der Waals surface area contributed by atoms with E-state index in [1.165, 1.54) is 12.1 Å². The third-order valence-electron chi connectivity index (χ3n) is 3.12. The summed E-state index contributed by atoms with van der Waals surface area (Å²) in [4.78, 5) is 14.5. The number of aromatic amines is 1. The maximum atomic E-state index is 13.3. The van der Waals surface area contributed by atoms with E-state index in [4.69, 9.17) is 23.2 Å². The van der Waals surface area contributed by atoms with E-state index in [0.29, 0.717) is 44.1 Å². The summed E-state index contributed by atoms with van der Waals surface area (Å²) in [5, 5.41) is 1.49. The van der Waals surface area contributed by atoms with Gasteiger partial charge in [0, 0.05) is 27.1 Å². The number of halogens is 3. The molecule has 0 aliphatic heterocycles. The second-order valence-electron chi connectivity index (χ2n) is 4.35. The Balaban J connectivity index is 2.36. The third-order valence-corrected chi connectivity index (χ3v) is 3.68. The van der Waals surface area contributed by atoms with E-state index in [1.54, 1.807) is 24.3 Å². The fourth-order valence-corrected chi connectivity index (χ4v) is 2.59. The van der Waals surface area contributed by atoms with Gasteiger partial charge in [-0.25, -0.2) is 4.39 Å². The molecular weight excluding hydrogens is 300 g/mol. The van der Waals surface area contributed by atoms with Crippen molar-refractivity contribution in [1.82, 2.24) is 4.98 Å². The molecule has 100 valence electrons. The molecule has 0 unspecified atom stereocenters. The highest BCUT2D eigenvalue weighted by molar-refractivity contribution is 6.35. The van der Waals surface area contributed by atoms with Crippen LogP contribution in [0.1, 0.15) is 10.4 Å². The largest absolute Gasteiger partial charge is 0.354 e. The first-order valence-electron chi connectivity index (χ1n) is 5.82. The summed E-state index contributed by atoms with van der Waals surface area (Å²) in [5.41, 5.74) is 2.18. The van der Waals surface area contributed by atoms with Gasteiger partial charge in [-0.15, -0.1) is 0 Å². The second-order valence-corrected chi connectivity index (χ2v) is 5.19. The molecule has 3 aromatic rings. The van der Waals surface area contributed by atoms with Gasteiger partial charge in [-0.1, -0.05) is 23.2 Å². The highest BCUT2D eigenvalue weighted by Crippen LogP contribution is 2.35. The summed E-state index contributed by atoms with van der Waals surface area (Å²) in [6.07, 6.45) is 0.685. The van der Waals surface area contributed by atoms with Gasteiger partial charge in [0.25, 0.3) is 0 Å². The van der Waals surface area contributed by atoms with Gasteiger partial charge >= 0.3 is 0 Å². The van der Waals surface area contributed by atoms with E-state index < -0.39 is 5.82 Å². The first kappa shape index (κ1) is 13.2. The van der Waals surface area contributed by atoms with Gasteiger partial charge in [0.2, 0.25) is 0 Å². The predicted octanol–water partition coefficient (Wildman–Crippen LogP) is 5.09. The molecule has 0 saturated heterocycles. The van der Waals surface area contributed by atoms with Crippen LogP contribution in [0.5, 0.6) is 0 Å². The standard InChI is InChI=1S/C15H8Cl2FNO/c16-8-1-3-13(17)11(5-8)15-12(7-20)10-6-9(18)2-4-14(10)19-15/h1-7,19H. The molecule has 1 aromatic heterocycles. The average Bonchev–Trinajstić information content (AvgIpc) is 2.79. The number of carbonyl (C=O) groups excluding carboxylic acids is 1. The highest BCUT2D eigenvalue weighted by Gasteiger charge is 2.15. The molecule has 0 saturated carbocycles. The van der Waals surface area contributed by atoms with E-state index in [-0.39, 0.29) is 0 Å². The topological polar surface area (TPSA) is 32.9 Å². The molecule has 0 fully saturated rings. The van der Waals surface area contributed by atoms with Crippen molar-refractivity contribution in [3.05, 3.63) is 57.8 Å². The summed E-state index contributed by atoms with van der Waals surface area (Å²) in [7, 11) is 0. The Kier molecular flexibility index (Phi) is 3.24. The molecule has 0 amide bonds. The molecule has 2 nitrogen and oxygen atoms in total. The lowest BCUT2D eigenvalue weighted by Gasteiger charge is -2.03. The SMILES string of the molecule is O=Cc1c(-c2cc(Cl)ccc2Cl)[nH]c2ccc(F)cc12. The molecule has 2 aromatic carbocycles. The lowest BCUT2D eigenvalue weighted by molar-refractivity contribution is 0.112.